The number of anilines is 1. The first kappa shape index (κ1) is 18.1. The molecule has 3 N–H and O–H groups in total. The second-order valence-corrected chi connectivity index (χ2v) is 7.13. The van der Waals surface area contributed by atoms with E-state index in [1.807, 2.05) is 19.1 Å². The number of hydrogen-bond acceptors (Lipinski definition) is 4. The van der Waals surface area contributed by atoms with E-state index in [4.69, 9.17) is 4.42 Å². The van der Waals surface area contributed by atoms with Crippen LogP contribution in [0.2, 0.25) is 0 Å². The molecular formula is C19H26N2O3. The minimum absolute atomic E-state index is 0.103. The summed E-state index contributed by atoms with van der Waals surface area (Å²) in [6.45, 7) is 9.30. The van der Waals surface area contributed by atoms with Gasteiger partial charge in [0.2, 0.25) is 0 Å². The number of carbonyl (C=O) groups excluding carboxylic acids is 1. The van der Waals surface area contributed by atoms with Gasteiger partial charge in [-0.15, -0.1) is 0 Å². The molecule has 0 fully saturated rings. The van der Waals surface area contributed by atoms with Crippen LogP contribution < -0.4 is 10.6 Å². The molecule has 0 spiro atoms. The van der Waals surface area contributed by atoms with Gasteiger partial charge < -0.3 is 20.2 Å². The van der Waals surface area contributed by atoms with Gasteiger partial charge >= 0.3 is 0 Å². The largest absolute Gasteiger partial charge is 0.467 e. The normalized spacial score (nSPS) is 12.7. The van der Waals surface area contributed by atoms with E-state index in [-0.39, 0.29) is 17.9 Å². The van der Waals surface area contributed by atoms with Crippen LogP contribution in [0.15, 0.2) is 41.0 Å². The van der Waals surface area contributed by atoms with Gasteiger partial charge in [-0.05, 0) is 42.2 Å². The Labute approximate surface area is 143 Å². The fourth-order valence-electron chi connectivity index (χ4n) is 2.30. The lowest BCUT2D eigenvalue weighted by Gasteiger charge is -2.21. The molecule has 1 aromatic heterocycles. The summed E-state index contributed by atoms with van der Waals surface area (Å²) < 4.78 is 5.13. The number of hydrogen-bond donors (Lipinski definition) is 3. The van der Waals surface area contributed by atoms with Gasteiger partial charge in [-0.25, -0.2) is 0 Å². The molecule has 0 aliphatic rings. The highest BCUT2D eigenvalue weighted by molar-refractivity contribution is 5.97. The zero-order valence-corrected chi connectivity index (χ0v) is 14.7. The van der Waals surface area contributed by atoms with Crippen LogP contribution >= 0.6 is 0 Å². The molecule has 1 atom stereocenters. The van der Waals surface area contributed by atoms with E-state index >= 15 is 0 Å². The SMILES string of the molecule is Cc1c(NCC(C)(C)C)cccc1C(=O)NC[C@H](O)c1ccco1. The first-order valence-electron chi connectivity index (χ1n) is 8.11. The quantitative estimate of drug-likeness (QED) is 0.758. The molecule has 0 unspecified atom stereocenters. The smallest absolute Gasteiger partial charge is 0.251 e. The molecule has 2 aromatic rings. The number of aliphatic hydroxyl groups excluding tert-OH is 1. The van der Waals surface area contributed by atoms with Crippen molar-refractivity contribution in [1.82, 2.24) is 5.32 Å². The van der Waals surface area contributed by atoms with E-state index in [9.17, 15) is 9.90 Å². The average Bonchev–Trinajstić information content (AvgIpc) is 3.05. The maximum absolute atomic E-state index is 12.4. The van der Waals surface area contributed by atoms with Crippen LogP contribution in [-0.2, 0) is 0 Å². The summed E-state index contributed by atoms with van der Waals surface area (Å²) in [5, 5.41) is 16.1. The molecule has 0 saturated heterocycles. The first-order chi connectivity index (χ1) is 11.3. The number of nitrogens with one attached hydrogen (secondary N) is 2. The van der Waals surface area contributed by atoms with E-state index in [0.29, 0.717) is 11.3 Å². The van der Waals surface area contributed by atoms with Gasteiger partial charge in [-0.3, -0.25) is 4.79 Å². The fraction of sp³-hybridized carbons (Fsp3) is 0.421. The highest BCUT2D eigenvalue weighted by Gasteiger charge is 2.16. The zero-order valence-electron chi connectivity index (χ0n) is 14.7. The van der Waals surface area contributed by atoms with E-state index in [1.165, 1.54) is 6.26 Å². The van der Waals surface area contributed by atoms with Crippen LogP contribution in [0.5, 0.6) is 0 Å². The molecule has 0 saturated carbocycles. The predicted molar refractivity (Wildman–Crippen MR) is 95.1 cm³/mol. The molecule has 5 nitrogen and oxygen atoms in total. The Hall–Kier alpha value is -2.27. The summed E-state index contributed by atoms with van der Waals surface area (Å²) >= 11 is 0. The van der Waals surface area contributed by atoms with Gasteiger partial charge in [0.25, 0.3) is 5.91 Å². The summed E-state index contributed by atoms with van der Waals surface area (Å²) in [5.74, 6) is 0.227. The van der Waals surface area contributed by atoms with Crippen molar-refractivity contribution in [1.29, 1.82) is 0 Å². The van der Waals surface area contributed by atoms with Crippen molar-refractivity contribution in [3.63, 3.8) is 0 Å². The predicted octanol–water partition coefficient (Wildman–Crippen LogP) is 3.51. The minimum Gasteiger partial charge on any atom is -0.467 e. The van der Waals surface area contributed by atoms with Crippen LogP contribution in [0.25, 0.3) is 0 Å². The van der Waals surface area contributed by atoms with Crippen molar-refractivity contribution >= 4 is 11.6 Å². The van der Waals surface area contributed by atoms with Gasteiger partial charge in [0, 0.05) is 17.8 Å². The Balaban J connectivity index is 2.01. The third-order valence-corrected chi connectivity index (χ3v) is 3.72. The van der Waals surface area contributed by atoms with E-state index < -0.39 is 6.10 Å². The number of rotatable bonds is 6. The molecular weight excluding hydrogens is 304 g/mol. The third kappa shape index (κ3) is 4.86. The van der Waals surface area contributed by atoms with Crippen molar-refractivity contribution in [2.24, 2.45) is 5.41 Å². The molecule has 1 heterocycles. The van der Waals surface area contributed by atoms with Crippen LogP contribution in [0.1, 0.15) is 48.6 Å². The van der Waals surface area contributed by atoms with E-state index in [1.54, 1.807) is 18.2 Å². The molecule has 130 valence electrons. The molecule has 5 heteroatoms. The van der Waals surface area contributed by atoms with Crippen molar-refractivity contribution in [3.8, 4) is 0 Å². The first-order valence-corrected chi connectivity index (χ1v) is 8.11. The van der Waals surface area contributed by atoms with Crippen LogP contribution in [0.3, 0.4) is 0 Å². The summed E-state index contributed by atoms with van der Waals surface area (Å²) in [6, 6.07) is 8.99. The fourth-order valence-corrected chi connectivity index (χ4v) is 2.30. The van der Waals surface area contributed by atoms with Gasteiger partial charge in [0.05, 0.1) is 12.8 Å². The monoisotopic (exact) mass is 330 g/mol. The number of amides is 1. The second-order valence-electron chi connectivity index (χ2n) is 7.13. The van der Waals surface area contributed by atoms with Crippen molar-refractivity contribution in [2.75, 3.05) is 18.4 Å². The Bertz CT molecular complexity index is 672. The minimum atomic E-state index is -0.855. The number of benzene rings is 1. The maximum atomic E-state index is 12.4. The average molecular weight is 330 g/mol. The molecule has 0 aliphatic heterocycles. The third-order valence-electron chi connectivity index (χ3n) is 3.72. The number of aliphatic hydroxyl groups is 1. The van der Waals surface area contributed by atoms with E-state index in [0.717, 1.165) is 17.8 Å². The summed E-state index contributed by atoms with van der Waals surface area (Å²) in [4.78, 5) is 12.4. The Morgan fingerprint density at radius 2 is 2.00 bits per heavy atom. The Morgan fingerprint density at radius 1 is 1.25 bits per heavy atom. The summed E-state index contributed by atoms with van der Waals surface area (Å²) in [5.41, 5.74) is 2.59. The van der Waals surface area contributed by atoms with Gasteiger partial charge in [-0.1, -0.05) is 26.8 Å². The topological polar surface area (TPSA) is 74.5 Å². The molecule has 0 bridgehead atoms. The van der Waals surface area contributed by atoms with Crippen LogP contribution in [-0.4, -0.2) is 24.1 Å². The molecule has 2 rings (SSSR count). The highest BCUT2D eigenvalue weighted by atomic mass is 16.4. The van der Waals surface area contributed by atoms with Crippen LogP contribution in [0, 0.1) is 12.3 Å². The number of carbonyl (C=O) groups is 1. The molecule has 1 amide bonds. The van der Waals surface area contributed by atoms with E-state index in [2.05, 4.69) is 31.4 Å². The Kier molecular flexibility index (Phi) is 5.67. The lowest BCUT2D eigenvalue weighted by atomic mass is 9.96. The van der Waals surface area contributed by atoms with Crippen molar-refractivity contribution < 1.29 is 14.3 Å². The van der Waals surface area contributed by atoms with Gasteiger partial charge in [0.15, 0.2) is 0 Å². The van der Waals surface area contributed by atoms with Crippen molar-refractivity contribution in [3.05, 3.63) is 53.5 Å². The molecule has 0 radical (unpaired) electrons. The van der Waals surface area contributed by atoms with Gasteiger partial charge in [0.1, 0.15) is 11.9 Å². The standard InChI is InChI=1S/C19H26N2O3/c1-13-14(7-5-8-15(13)21-12-19(2,3)4)18(23)20-11-16(22)17-9-6-10-24-17/h5-10,16,21-22H,11-12H2,1-4H3,(H,20,23)/t16-/m0/s1. The van der Waals surface area contributed by atoms with Gasteiger partial charge in [-0.2, -0.15) is 0 Å². The lowest BCUT2D eigenvalue weighted by molar-refractivity contribution is 0.0900. The molecule has 0 aliphatic carbocycles. The number of furan rings is 1. The highest BCUT2D eigenvalue weighted by Crippen LogP contribution is 2.22. The zero-order chi connectivity index (χ0) is 17.7. The molecule has 1 aromatic carbocycles. The van der Waals surface area contributed by atoms with Crippen molar-refractivity contribution in [2.45, 2.75) is 33.8 Å². The maximum Gasteiger partial charge on any atom is 0.251 e. The summed E-state index contributed by atoms with van der Waals surface area (Å²) in [6.07, 6.45) is 0.640. The van der Waals surface area contributed by atoms with Crippen LogP contribution in [0.4, 0.5) is 5.69 Å². The molecule has 24 heavy (non-hydrogen) atoms. The summed E-state index contributed by atoms with van der Waals surface area (Å²) in [7, 11) is 0. The lowest BCUT2D eigenvalue weighted by Crippen LogP contribution is -2.29. The Morgan fingerprint density at radius 3 is 2.62 bits per heavy atom. The second kappa shape index (κ2) is 7.53.